The average molecular weight is 519 g/mol. The van der Waals surface area contributed by atoms with Crippen LogP contribution in [0.1, 0.15) is 46.9 Å². The van der Waals surface area contributed by atoms with Crippen molar-refractivity contribution < 1.29 is 4.79 Å². The van der Waals surface area contributed by atoms with Gasteiger partial charge in [0.2, 0.25) is 0 Å². The van der Waals surface area contributed by atoms with Gasteiger partial charge >= 0.3 is 0 Å². The van der Waals surface area contributed by atoms with Crippen molar-refractivity contribution in [3.8, 4) is 0 Å². The standard InChI is InChI=1S/C25H29Cl2N5OS/c1-3-5-21-28-23(22-17-8-9-30(4-2)15-20(17)34-24(22)29-21)31-10-12-32(13-11-31)25(33)16-6-7-18(26)19(27)14-16/h6-7,14H,3-5,8-13,15H2,1-2H3. The second-order valence-corrected chi connectivity index (χ2v) is 10.8. The first-order valence-corrected chi connectivity index (χ1v) is 13.6. The number of aryl methyl sites for hydroxylation is 1. The molecule has 0 bridgehead atoms. The van der Waals surface area contributed by atoms with E-state index >= 15 is 0 Å². The van der Waals surface area contributed by atoms with Crippen LogP contribution in [0, 0.1) is 0 Å². The topological polar surface area (TPSA) is 52.6 Å². The Morgan fingerprint density at radius 2 is 1.85 bits per heavy atom. The fourth-order valence-corrected chi connectivity index (χ4v) is 6.41. The Labute approximate surface area is 214 Å². The van der Waals surface area contributed by atoms with Crippen molar-refractivity contribution in [1.29, 1.82) is 0 Å². The first kappa shape index (κ1) is 23.8. The normalized spacial score (nSPS) is 16.8. The minimum absolute atomic E-state index is 0.00899. The Kier molecular flexibility index (Phi) is 6.98. The molecule has 3 aromatic rings. The van der Waals surface area contributed by atoms with E-state index in [0.717, 1.165) is 68.5 Å². The quantitative estimate of drug-likeness (QED) is 0.460. The lowest BCUT2D eigenvalue weighted by molar-refractivity contribution is 0.0746. The number of amides is 1. The van der Waals surface area contributed by atoms with Crippen molar-refractivity contribution in [3.05, 3.63) is 50.1 Å². The van der Waals surface area contributed by atoms with Gasteiger partial charge in [0, 0.05) is 56.1 Å². The summed E-state index contributed by atoms with van der Waals surface area (Å²) < 4.78 is 0. The lowest BCUT2D eigenvalue weighted by atomic mass is 10.0. The number of thiophene rings is 1. The van der Waals surface area contributed by atoms with Crippen molar-refractivity contribution in [2.45, 2.75) is 39.7 Å². The number of halogens is 2. The fraction of sp³-hybridized carbons (Fsp3) is 0.480. The summed E-state index contributed by atoms with van der Waals surface area (Å²) in [4.78, 5) is 32.3. The van der Waals surface area contributed by atoms with Crippen LogP contribution in [-0.4, -0.2) is 64.9 Å². The van der Waals surface area contributed by atoms with Crippen LogP contribution in [0.15, 0.2) is 18.2 Å². The van der Waals surface area contributed by atoms with Crippen LogP contribution in [0.25, 0.3) is 10.2 Å². The van der Waals surface area contributed by atoms with Crippen LogP contribution in [0.4, 0.5) is 5.82 Å². The van der Waals surface area contributed by atoms with Crippen LogP contribution in [0.2, 0.25) is 10.0 Å². The minimum Gasteiger partial charge on any atom is -0.352 e. The van der Waals surface area contributed by atoms with Crippen LogP contribution in [0.5, 0.6) is 0 Å². The molecule has 0 radical (unpaired) electrons. The van der Waals surface area contributed by atoms with Gasteiger partial charge in [0.15, 0.2) is 0 Å². The van der Waals surface area contributed by atoms with Gasteiger partial charge in [-0.1, -0.05) is 37.0 Å². The number of benzene rings is 1. The fourth-order valence-electron chi connectivity index (χ4n) is 4.84. The predicted molar refractivity (Wildman–Crippen MR) is 141 cm³/mol. The van der Waals surface area contributed by atoms with E-state index in [-0.39, 0.29) is 5.91 Å². The number of hydrogen-bond acceptors (Lipinski definition) is 6. The summed E-state index contributed by atoms with van der Waals surface area (Å²) in [7, 11) is 0. The largest absolute Gasteiger partial charge is 0.352 e. The summed E-state index contributed by atoms with van der Waals surface area (Å²) >= 11 is 14.0. The molecule has 0 saturated carbocycles. The molecule has 0 aliphatic carbocycles. The smallest absolute Gasteiger partial charge is 0.254 e. The number of carbonyl (C=O) groups is 1. The van der Waals surface area contributed by atoms with E-state index in [0.29, 0.717) is 28.7 Å². The van der Waals surface area contributed by atoms with Crippen molar-refractivity contribution in [2.75, 3.05) is 44.2 Å². The van der Waals surface area contributed by atoms with Gasteiger partial charge in [-0.25, -0.2) is 9.97 Å². The van der Waals surface area contributed by atoms with Crippen LogP contribution in [0.3, 0.4) is 0 Å². The van der Waals surface area contributed by atoms with Crippen LogP contribution < -0.4 is 4.90 Å². The number of anilines is 1. The molecule has 0 spiro atoms. The molecule has 5 rings (SSSR count). The average Bonchev–Trinajstić information content (AvgIpc) is 3.22. The number of carbonyl (C=O) groups excluding carboxylic acids is 1. The first-order valence-electron chi connectivity index (χ1n) is 12.0. The van der Waals surface area contributed by atoms with Gasteiger partial charge in [-0.05, 0) is 43.1 Å². The molecule has 1 aromatic carbocycles. The molecule has 2 aliphatic rings. The first-order chi connectivity index (χ1) is 16.5. The van der Waals surface area contributed by atoms with E-state index in [1.165, 1.54) is 15.8 Å². The molecule has 0 atom stereocenters. The maximum absolute atomic E-state index is 13.0. The van der Waals surface area contributed by atoms with E-state index in [1.807, 2.05) is 16.2 Å². The van der Waals surface area contributed by atoms with Crippen molar-refractivity contribution >= 4 is 56.5 Å². The van der Waals surface area contributed by atoms with Crippen molar-refractivity contribution in [3.63, 3.8) is 0 Å². The molecule has 1 saturated heterocycles. The number of aromatic nitrogens is 2. The van der Waals surface area contributed by atoms with E-state index < -0.39 is 0 Å². The zero-order valence-corrected chi connectivity index (χ0v) is 21.9. The third-order valence-corrected chi connectivity index (χ3v) is 8.61. The highest BCUT2D eigenvalue weighted by atomic mass is 35.5. The highest BCUT2D eigenvalue weighted by Gasteiger charge is 2.29. The molecular weight excluding hydrogens is 489 g/mol. The Morgan fingerprint density at radius 3 is 2.56 bits per heavy atom. The van der Waals surface area contributed by atoms with Gasteiger partial charge in [-0.15, -0.1) is 11.3 Å². The van der Waals surface area contributed by atoms with E-state index in [2.05, 4.69) is 23.6 Å². The Balaban J connectivity index is 1.41. The van der Waals surface area contributed by atoms with E-state index in [9.17, 15) is 4.79 Å². The summed E-state index contributed by atoms with van der Waals surface area (Å²) in [6.07, 6.45) is 2.94. The molecule has 4 heterocycles. The monoisotopic (exact) mass is 517 g/mol. The molecule has 0 unspecified atom stereocenters. The number of piperazine rings is 1. The van der Waals surface area contributed by atoms with E-state index in [4.69, 9.17) is 33.2 Å². The number of nitrogens with zero attached hydrogens (tertiary/aromatic N) is 5. The molecule has 1 amide bonds. The highest BCUT2D eigenvalue weighted by molar-refractivity contribution is 7.19. The molecule has 9 heteroatoms. The maximum Gasteiger partial charge on any atom is 0.254 e. The lowest BCUT2D eigenvalue weighted by Gasteiger charge is -2.36. The maximum atomic E-state index is 13.0. The summed E-state index contributed by atoms with van der Waals surface area (Å²) in [5.41, 5.74) is 2.00. The van der Waals surface area contributed by atoms with Crippen molar-refractivity contribution in [2.24, 2.45) is 0 Å². The third kappa shape index (κ3) is 4.51. The molecule has 180 valence electrons. The Morgan fingerprint density at radius 1 is 1.06 bits per heavy atom. The van der Waals surface area contributed by atoms with Gasteiger partial charge in [-0.3, -0.25) is 9.69 Å². The zero-order valence-electron chi connectivity index (χ0n) is 19.6. The Hall–Kier alpha value is -1.93. The SMILES string of the molecule is CCCc1nc(N2CCN(C(=O)c3ccc(Cl)c(Cl)c3)CC2)c2c3c(sc2n1)CN(CC)CC3. The highest BCUT2D eigenvalue weighted by Crippen LogP contribution is 2.39. The summed E-state index contributed by atoms with van der Waals surface area (Å²) in [5, 5.41) is 2.10. The van der Waals surface area contributed by atoms with Gasteiger partial charge in [0.05, 0.1) is 15.4 Å². The van der Waals surface area contributed by atoms with Crippen molar-refractivity contribution in [1.82, 2.24) is 19.8 Å². The molecular formula is C25H29Cl2N5OS. The molecule has 0 N–H and O–H groups in total. The number of fused-ring (bicyclic) bond motifs is 3. The lowest BCUT2D eigenvalue weighted by Crippen LogP contribution is -2.49. The predicted octanol–water partition coefficient (Wildman–Crippen LogP) is 5.29. The van der Waals surface area contributed by atoms with E-state index in [1.54, 1.807) is 18.2 Å². The summed E-state index contributed by atoms with van der Waals surface area (Å²) in [6, 6.07) is 5.07. The number of rotatable bonds is 5. The molecule has 2 aliphatic heterocycles. The third-order valence-electron chi connectivity index (χ3n) is 6.76. The molecule has 2 aromatic heterocycles. The second kappa shape index (κ2) is 9.97. The number of likely N-dealkylation sites (N-methyl/N-ethyl adjacent to an activating group) is 1. The summed E-state index contributed by atoms with van der Waals surface area (Å²) in [5.74, 6) is 1.97. The van der Waals surface area contributed by atoms with Gasteiger partial charge in [0.25, 0.3) is 5.91 Å². The van der Waals surface area contributed by atoms with Gasteiger partial charge in [-0.2, -0.15) is 0 Å². The second-order valence-electron chi connectivity index (χ2n) is 8.92. The van der Waals surface area contributed by atoms with Crippen LogP contribution >= 0.6 is 34.5 Å². The molecule has 1 fully saturated rings. The summed E-state index contributed by atoms with van der Waals surface area (Å²) in [6.45, 7) is 10.3. The van der Waals surface area contributed by atoms with Crippen LogP contribution in [-0.2, 0) is 19.4 Å². The zero-order chi connectivity index (χ0) is 23.8. The minimum atomic E-state index is -0.00899. The molecule has 34 heavy (non-hydrogen) atoms. The van der Waals surface area contributed by atoms with Gasteiger partial charge < -0.3 is 9.80 Å². The number of hydrogen-bond donors (Lipinski definition) is 0. The Bertz CT molecular complexity index is 1220. The molecule has 6 nitrogen and oxygen atoms in total. The van der Waals surface area contributed by atoms with Gasteiger partial charge in [0.1, 0.15) is 16.5 Å².